The molecule has 0 saturated heterocycles. The standard InChI is InChI=1S/C14H28N2O2/c1-10(11-7-8-11)15-9-14(5,6)16-12(17)18-13(2,3)4/h10-11,15H,7-9H2,1-6H3,(H,16,17). The normalized spacial score (nSPS) is 18.3. The summed E-state index contributed by atoms with van der Waals surface area (Å²) in [6.45, 7) is 12.6. The van der Waals surface area contributed by atoms with Crippen molar-refractivity contribution in [2.45, 2.75) is 71.6 Å². The third-order valence-corrected chi connectivity index (χ3v) is 3.03. The summed E-state index contributed by atoms with van der Waals surface area (Å²) in [6.07, 6.45) is 2.30. The van der Waals surface area contributed by atoms with Gasteiger partial charge in [-0.15, -0.1) is 0 Å². The molecule has 18 heavy (non-hydrogen) atoms. The predicted octanol–water partition coefficient (Wildman–Crippen LogP) is 2.68. The monoisotopic (exact) mass is 256 g/mol. The molecule has 4 nitrogen and oxygen atoms in total. The van der Waals surface area contributed by atoms with E-state index < -0.39 is 5.60 Å². The van der Waals surface area contributed by atoms with Crippen LogP contribution in [0.2, 0.25) is 0 Å². The molecule has 0 bridgehead atoms. The fourth-order valence-corrected chi connectivity index (χ4v) is 1.80. The van der Waals surface area contributed by atoms with Gasteiger partial charge in [-0.1, -0.05) is 0 Å². The molecule has 0 aromatic carbocycles. The minimum atomic E-state index is -0.450. The molecular formula is C14H28N2O2. The molecule has 1 fully saturated rings. The largest absolute Gasteiger partial charge is 0.444 e. The van der Waals surface area contributed by atoms with Gasteiger partial charge in [0.2, 0.25) is 0 Å². The van der Waals surface area contributed by atoms with E-state index in [-0.39, 0.29) is 11.6 Å². The number of nitrogens with one attached hydrogen (secondary N) is 2. The van der Waals surface area contributed by atoms with E-state index in [2.05, 4.69) is 17.6 Å². The zero-order valence-electron chi connectivity index (χ0n) is 12.6. The second kappa shape index (κ2) is 5.47. The lowest BCUT2D eigenvalue weighted by Gasteiger charge is -2.30. The third kappa shape index (κ3) is 6.24. The second-order valence-electron chi connectivity index (χ2n) is 7.02. The van der Waals surface area contributed by atoms with Crippen LogP contribution in [0, 0.1) is 5.92 Å². The van der Waals surface area contributed by atoms with Crippen molar-refractivity contribution < 1.29 is 9.53 Å². The fraction of sp³-hybridized carbons (Fsp3) is 0.929. The summed E-state index contributed by atoms with van der Waals surface area (Å²) in [4.78, 5) is 11.7. The van der Waals surface area contributed by atoms with Crippen molar-refractivity contribution in [1.82, 2.24) is 10.6 Å². The zero-order valence-corrected chi connectivity index (χ0v) is 12.6. The molecule has 0 aromatic heterocycles. The number of rotatable bonds is 5. The summed E-state index contributed by atoms with van der Waals surface area (Å²) in [6, 6.07) is 0.532. The van der Waals surface area contributed by atoms with Gasteiger partial charge in [0, 0.05) is 12.6 Å². The average molecular weight is 256 g/mol. The highest BCUT2D eigenvalue weighted by atomic mass is 16.6. The van der Waals surface area contributed by atoms with Gasteiger partial charge in [0.25, 0.3) is 0 Å². The van der Waals surface area contributed by atoms with Crippen LogP contribution in [-0.2, 0) is 4.74 Å². The average Bonchev–Trinajstić information content (AvgIpc) is 2.92. The van der Waals surface area contributed by atoms with E-state index in [1.165, 1.54) is 12.8 Å². The van der Waals surface area contributed by atoms with Crippen LogP contribution in [0.25, 0.3) is 0 Å². The molecule has 2 N–H and O–H groups in total. The molecule has 1 atom stereocenters. The first-order chi connectivity index (χ1) is 8.09. The van der Waals surface area contributed by atoms with Crippen LogP contribution in [0.4, 0.5) is 4.79 Å². The van der Waals surface area contributed by atoms with Crippen LogP contribution in [0.1, 0.15) is 54.4 Å². The Hall–Kier alpha value is -0.770. The second-order valence-corrected chi connectivity index (χ2v) is 7.02. The van der Waals surface area contributed by atoms with E-state index in [9.17, 15) is 4.79 Å². The van der Waals surface area contributed by atoms with Gasteiger partial charge in [0.05, 0.1) is 5.54 Å². The van der Waals surface area contributed by atoms with E-state index in [0.717, 1.165) is 12.5 Å². The lowest BCUT2D eigenvalue weighted by molar-refractivity contribution is 0.0470. The third-order valence-electron chi connectivity index (χ3n) is 3.03. The number of ether oxygens (including phenoxy) is 1. The summed E-state index contributed by atoms with van der Waals surface area (Å²) >= 11 is 0. The van der Waals surface area contributed by atoms with Crippen LogP contribution in [0.5, 0.6) is 0 Å². The van der Waals surface area contributed by atoms with Crippen molar-refractivity contribution in [3.05, 3.63) is 0 Å². The Kier molecular flexibility index (Phi) is 4.65. The van der Waals surface area contributed by atoms with Gasteiger partial charge in [0.15, 0.2) is 0 Å². The van der Waals surface area contributed by atoms with Crippen LogP contribution in [-0.4, -0.2) is 29.8 Å². The summed E-state index contributed by atoms with van der Waals surface area (Å²) in [5.41, 5.74) is -0.750. The van der Waals surface area contributed by atoms with Gasteiger partial charge in [-0.3, -0.25) is 0 Å². The Bertz CT molecular complexity index is 291. The van der Waals surface area contributed by atoms with E-state index in [0.29, 0.717) is 6.04 Å². The summed E-state index contributed by atoms with van der Waals surface area (Å²) < 4.78 is 5.26. The number of carbonyl (C=O) groups excluding carboxylic acids is 1. The molecule has 1 aliphatic carbocycles. The van der Waals surface area contributed by atoms with Gasteiger partial charge in [0.1, 0.15) is 5.60 Å². The molecule has 1 rings (SSSR count). The highest BCUT2D eigenvalue weighted by Crippen LogP contribution is 2.32. The Labute approximate surface area is 111 Å². The van der Waals surface area contributed by atoms with Crippen molar-refractivity contribution in [3.63, 3.8) is 0 Å². The first-order valence-electron chi connectivity index (χ1n) is 6.84. The molecule has 4 heteroatoms. The topological polar surface area (TPSA) is 50.4 Å². The summed E-state index contributed by atoms with van der Waals surface area (Å²) in [7, 11) is 0. The van der Waals surface area contributed by atoms with Crippen molar-refractivity contribution in [1.29, 1.82) is 0 Å². The zero-order chi connectivity index (χ0) is 14.0. The van der Waals surface area contributed by atoms with E-state index in [1.54, 1.807) is 0 Å². The number of hydrogen-bond acceptors (Lipinski definition) is 3. The highest BCUT2D eigenvalue weighted by molar-refractivity contribution is 5.68. The molecule has 0 aliphatic heterocycles. The van der Waals surface area contributed by atoms with Gasteiger partial charge < -0.3 is 15.4 Å². The molecule has 1 aliphatic rings. The van der Waals surface area contributed by atoms with Crippen LogP contribution in [0.15, 0.2) is 0 Å². The molecule has 1 saturated carbocycles. The van der Waals surface area contributed by atoms with Crippen LogP contribution < -0.4 is 10.6 Å². The van der Waals surface area contributed by atoms with Gasteiger partial charge in [-0.05, 0) is 60.3 Å². The molecule has 0 spiro atoms. The fourth-order valence-electron chi connectivity index (χ4n) is 1.80. The lowest BCUT2D eigenvalue weighted by atomic mass is 10.1. The lowest BCUT2D eigenvalue weighted by Crippen LogP contribution is -2.53. The number of carbonyl (C=O) groups is 1. The van der Waals surface area contributed by atoms with Crippen LogP contribution in [0.3, 0.4) is 0 Å². The minimum absolute atomic E-state index is 0.300. The quantitative estimate of drug-likeness (QED) is 0.795. The summed E-state index contributed by atoms with van der Waals surface area (Å²) in [5.74, 6) is 0.822. The van der Waals surface area contributed by atoms with E-state index in [4.69, 9.17) is 4.74 Å². The maximum Gasteiger partial charge on any atom is 0.408 e. The summed E-state index contributed by atoms with van der Waals surface area (Å²) in [5, 5.41) is 6.39. The maximum absolute atomic E-state index is 11.7. The van der Waals surface area contributed by atoms with Crippen molar-refractivity contribution in [2.24, 2.45) is 5.92 Å². The molecule has 1 amide bonds. The number of amides is 1. The molecule has 0 heterocycles. The molecular weight excluding hydrogens is 228 g/mol. The number of alkyl carbamates (subject to hydrolysis) is 1. The first kappa shape index (κ1) is 15.3. The van der Waals surface area contributed by atoms with Crippen molar-refractivity contribution in [2.75, 3.05) is 6.54 Å². The molecule has 0 radical (unpaired) electrons. The predicted molar refractivity (Wildman–Crippen MR) is 73.6 cm³/mol. The molecule has 1 unspecified atom stereocenters. The van der Waals surface area contributed by atoms with Gasteiger partial charge in [-0.25, -0.2) is 4.79 Å². The van der Waals surface area contributed by atoms with Crippen molar-refractivity contribution in [3.8, 4) is 0 Å². The minimum Gasteiger partial charge on any atom is -0.444 e. The smallest absolute Gasteiger partial charge is 0.408 e. The highest BCUT2D eigenvalue weighted by Gasteiger charge is 2.30. The van der Waals surface area contributed by atoms with E-state index in [1.807, 2.05) is 34.6 Å². The Morgan fingerprint density at radius 2 is 1.83 bits per heavy atom. The SMILES string of the molecule is CC(NCC(C)(C)NC(=O)OC(C)(C)C)C1CC1. The molecule has 0 aromatic rings. The number of hydrogen-bond donors (Lipinski definition) is 2. The Morgan fingerprint density at radius 1 is 1.28 bits per heavy atom. The van der Waals surface area contributed by atoms with Crippen molar-refractivity contribution >= 4 is 6.09 Å². The van der Waals surface area contributed by atoms with Crippen LogP contribution >= 0.6 is 0 Å². The first-order valence-corrected chi connectivity index (χ1v) is 6.84. The maximum atomic E-state index is 11.7. The van der Waals surface area contributed by atoms with E-state index >= 15 is 0 Å². The Balaban J connectivity index is 2.31. The Morgan fingerprint density at radius 3 is 2.28 bits per heavy atom. The van der Waals surface area contributed by atoms with Gasteiger partial charge in [-0.2, -0.15) is 0 Å². The van der Waals surface area contributed by atoms with Gasteiger partial charge >= 0.3 is 6.09 Å². The molecule has 106 valence electrons.